The average molecular weight is 424 g/mol. The molecule has 166 valence electrons. The lowest BCUT2D eigenvalue weighted by atomic mass is 10.00. The van der Waals surface area contributed by atoms with E-state index in [4.69, 9.17) is 9.72 Å². The number of hydrogen-bond acceptors (Lipinski definition) is 5. The van der Waals surface area contributed by atoms with E-state index in [1.165, 1.54) is 12.0 Å². The predicted molar refractivity (Wildman–Crippen MR) is 122 cm³/mol. The average Bonchev–Trinajstić information content (AvgIpc) is 2.80. The number of rotatable bonds is 9. The molecule has 2 atom stereocenters. The van der Waals surface area contributed by atoms with Gasteiger partial charge in [-0.05, 0) is 68.8 Å². The van der Waals surface area contributed by atoms with Crippen LogP contribution < -0.4 is 5.32 Å². The maximum Gasteiger partial charge on any atom is 0.313 e. The van der Waals surface area contributed by atoms with Gasteiger partial charge in [-0.25, -0.2) is 4.98 Å². The second kappa shape index (κ2) is 10.7. The number of anilines is 1. The number of carboxylic acid groups (broad SMARTS) is 1. The zero-order chi connectivity index (χ0) is 21.5. The topological polar surface area (TPSA) is 74.7 Å². The van der Waals surface area contributed by atoms with Gasteiger partial charge in [0.2, 0.25) is 0 Å². The number of aryl methyl sites for hydroxylation is 2. The first-order valence-electron chi connectivity index (χ1n) is 11.5. The van der Waals surface area contributed by atoms with Crippen LogP contribution in [0.2, 0.25) is 0 Å². The maximum absolute atomic E-state index is 11.7. The molecule has 2 aromatic rings. The standard InChI is InChI=1S/C25H33N3O3/c29-25(30)23(19-7-2-1-3-8-19)18-31-22-11-6-16-28(17-22)15-5-10-21-13-12-20-9-4-14-26-24(20)27-21/h1-3,7-8,12-13,22-23H,4-6,9-11,14-18H2,(H,26,27)(H,29,30)/t22-,23-/m1/s1. The van der Waals surface area contributed by atoms with Gasteiger partial charge in [0, 0.05) is 18.8 Å². The van der Waals surface area contributed by atoms with E-state index in [1.807, 2.05) is 30.3 Å². The minimum atomic E-state index is -0.828. The number of pyridine rings is 1. The zero-order valence-electron chi connectivity index (χ0n) is 18.1. The summed E-state index contributed by atoms with van der Waals surface area (Å²) in [5, 5.41) is 13.0. The summed E-state index contributed by atoms with van der Waals surface area (Å²) in [7, 11) is 0. The Morgan fingerprint density at radius 3 is 2.94 bits per heavy atom. The molecule has 6 heteroatoms. The van der Waals surface area contributed by atoms with Gasteiger partial charge in [-0.3, -0.25) is 4.79 Å². The molecule has 0 unspecified atom stereocenters. The third-order valence-electron chi connectivity index (χ3n) is 6.32. The fraction of sp³-hybridized carbons (Fsp3) is 0.520. The van der Waals surface area contributed by atoms with Crippen LogP contribution in [-0.2, 0) is 22.4 Å². The van der Waals surface area contributed by atoms with Gasteiger partial charge in [0.15, 0.2) is 0 Å². The van der Waals surface area contributed by atoms with Gasteiger partial charge in [0.1, 0.15) is 11.7 Å². The van der Waals surface area contributed by atoms with Gasteiger partial charge < -0.3 is 20.1 Å². The lowest BCUT2D eigenvalue weighted by Crippen LogP contribution is -2.41. The number of carboxylic acids is 1. The summed E-state index contributed by atoms with van der Waals surface area (Å²) < 4.78 is 6.07. The molecule has 2 aliphatic heterocycles. The molecule has 4 rings (SSSR count). The van der Waals surface area contributed by atoms with Crippen molar-refractivity contribution in [3.63, 3.8) is 0 Å². The molecule has 2 N–H and O–H groups in total. The molecule has 0 bridgehead atoms. The Hall–Kier alpha value is -2.44. The summed E-state index contributed by atoms with van der Waals surface area (Å²) >= 11 is 0. The summed E-state index contributed by atoms with van der Waals surface area (Å²) in [6.07, 6.45) is 6.55. The van der Waals surface area contributed by atoms with Gasteiger partial charge in [-0.1, -0.05) is 36.4 Å². The van der Waals surface area contributed by atoms with Crippen LogP contribution in [0.15, 0.2) is 42.5 Å². The SMILES string of the molecule is O=C(O)[C@H](CO[C@@H]1CCCN(CCCc2ccc3c(n2)NCCC3)C1)c1ccccc1. The molecule has 3 heterocycles. The molecule has 1 aromatic carbocycles. The number of hydrogen-bond donors (Lipinski definition) is 2. The third-order valence-corrected chi connectivity index (χ3v) is 6.32. The molecule has 0 amide bonds. The number of nitrogens with zero attached hydrogens (tertiary/aromatic N) is 2. The molecule has 1 saturated heterocycles. The zero-order valence-corrected chi connectivity index (χ0v) is 18.1. The minimum Gasteiger partial charge on any atom is -0.481 e. The van der Waals surface area contributed by atoms with Gasteiger partial charge >= 0.3 is 5.97 Å². The number of benzene rings is 1. The maximum atomic E-state index is 11.7. The Kier molecular flexibility index (Phi) is 7.54. The van der Waals surface area contributed by atoms with Gasteiger partial charge in [0.05, 0.1) is 12.7 Å². The molecule has 2 aliphatic rings. The first-order valence-corrected chi connectivity index (χ1v) is 11.5. The molecular weight excluding hydrogens is 390 g/mol. The number of aromatic nitrogens is 1. The van der Waals surface area contributed by atoms with Gasteiger partial charge in [-0.15, -0.1) is 0 Å². The van der Waals surface area contributed by atoms with Crippen LogP contribution in [0.1, 0.15) is 48.4 Å². The molecule has 1 aromatic heterocycles. The van der Waals surface area contributed by atoms with E-state index in [0.717, 1.165) is 75.4 Å². The Bertz CT molecular complexity index is 858. The van der Waals surface area contributed by atoms with Crippen molar-refractivity contribution in [3.05, 3.63) is 59.3 Å². The highest BCUT2D eigenvalue weighted by atomic mass is 16.5. The largest absolute Gasteiger partial charge is 0.481 e. The molecule has 6 nitrogen and oxygen atoms in total. The molecule has 0 spiro atoms. The highest BCUT2D eigenvalue weighted by molar-refractivity contribution is 5.76. The van der Waals surface area contributed by atoms with Crippen LogP contribution in [0.3, 0.4) is 0 Å². The Balaban J connectivity index is 1.23. The first kappa shape index (κ1) is 21.8. The van der Waals surface area contributed by atoms with E-state index < -0.39 is 11.9 Å². The minimum absolute atomic E-state index is 0.102. The number of carbonyl (C=O) groups is 1. The number of nitrogens with one attached hydrogen (secondary N) is 1. The number of ether oxygens (including phenoxy) is 1. The number of likely N-dealkylation sites (tertiary alicyclic amines) is 1. The van der Waals surface area contributed by atoms with Crippen molar-refractivity contribution >= 4 is 11.8 Å². The van der Waals surface area contributed by atoms with E-state index in [2.05, 4.69) is 22.3 Å². The lowest BCUT2D eigenvalue weighted by Gasteiger charge is -2.33. The molecule has 0 radical (unpaired) electrons. The monoisotopic (exact) mass is 423 g/mol. The fourth-order valence-electron chi connectivity index (χ4n) is 4.57. The van der Waals surface area contributed by atoms with E-state index in [-0.39, 0.29) is 12.7 Å². The first-order chi connectivity index (χ1) is 15.2. The second-order valence-electron chi connectivity index (χ2n) is 8.64. The highest BCUT2D eigenvalue weighted by Gasteiger charge is 2.25. The van der Waals surface area contributed by atoms with Crippen molar-refractivity contribution in [1.82, 2.24) is 9.88 Å². The molecular formula is C25H33N3O3. The molecule has 1 fully saturated rings. The third kappa shape index (κ3) is 6.05. The summed E-state index contributed by atoms with van der Waals surface area (Å²) in [6, 6.07) is 13.8. The van der Waals surface area contributed by atoms with Gasteiger partial charge in [-0.2, -0.15) is 0 Å². The number of fused-ring (bicyclic) bond motifs is 1. The summed E-state index contributed by atoms with van der Waals surface area (Å²) in [6.45, 7) is 4.23. The van der Waals surface area contributed by atoms with Crippen LogP contribution in [-0.4, -0.2) is 59.8 Å². The van der Waals surface area contributed by atoms with Crippen molar-refractivity contribution in [3.8, 4) is 0 Å². The van der Waals surface area contributed by atoms with Crippen LogP contribution in [0.5, 0.6) is 0 Å². The summed E-state index contributed by atoms with van der Waals surface area (Å²) in [5.74, 6) is -0.368. The number of piperidine rings is 1. The Morgan fingerprint density at radius 1 is 1.23 bits per heavy atom. The van der Waals surface area contributed by atoms with Crippen LogP contribution in [0.25, 0.3) is 0 Å². The van der Waals surface area contributed by atoms with Crippen molar-refractivity contribution in [1.29, 1.82) is 0 Å². The predicted octanol–water partition coefficient (Wildman–Crippen LogP) is 3.72. The van der Waals surface area contributed by atoms with E-state index in [9.17, 15) is 9.90 Å². The Morgan fingerprint density at radius 2 is 2.10 bits per heavy atom. The van der Waals surface area contributed by atoms with E-state index >= 15 is 0 Å². The fourth-order valence-corrected chi connectivity index (χ4v) is 4.57. The summed E-state index contributed by atoms with van der Waals surface area (Å²) in [5.41, 5.74) is 3.29. The Labute approximate surface area is 184 Å². The smallest absolute Gasteiger partial charge is 0.313 e. The highest BCUT2D eigenvalue weighted by Crippen LogP contribution is 2.22. The molecule has 0 aliphatic carbocycles. The van der Waals surface area contributed by atoms with Crippen molar-refractivity contribution in [2.24, 2.45) is 0 Å². The normalized spacial score (nSPS) is 19.9. The second-order valence-corrected chi connectivity index (χ2v) is 8.64. The van der Waals surface area contributed by atoms with Gasteiger partial charge in [0.25, 0.3) is 0 Å². The van der Waals surface area contributed by atoms with Crippen LogP contribution >= 0.6 is 0 Å². The van der Waals surface area contributed by atoms with Crippen LogP contribution in [0.4, 0.5) is 5.82 Å². The quantitative estimate of drug-likeness (QED) is 0.640. The van der Waals surface area contributed by atoms with Crippen molar-refractivity contribution < 1.29 is 14.6 Å². The molecule has 31 heavy (non-hydrogen) atoms. The summed E-state index contributed by atoms with van der Waals surface area (Å²) in [4.78, 5) is 18.9. The molecule has 0 saturated carbocycles. The van der Waals surface area contributed by atoms with Crippen molar-refractivity contribution in [2.75, 3.05) is 38.1 Å². The van der Waals surface area contributed by atoms with Crippen LogP contribution in [0, 0.1) is 0 Å². The number of aliphatic carboxylic acids is 1. The van der Waals surface area contributed by atoms with E-state index in [1.54, 1.807) is 0 Å². The van der Waals surface area contributed by atoms with Crippen molar-refractivity contribution in [2.45, 2.75) is 50.5 Å². The lowest BCUT2D eigenvalue weighted by molar-refractivity contribution is -0.141. The van der Waals surface area contributed by atoms with E-state index in [0.29, 0.717) is 0 Å².